The van der Waals surface area contributed by atoms with Crippen molar-refractivity contribution in [3.63, 3.8) is 0 Å². The van der Waals surface area contributed by atoms with Crippen molar-refractivity contribution in [1.82, 2.24) is 9.88 Å². The molecule has 0 radical (unpaired) electrons. The standard InChI is InChI=1S/C19H24N2O3/c1-13-7-9-14(10-8-13)18-17(20-12-24-18)19(23)21(2)11-15-5-3-4-6-16(15)22/h7-10,12,15-16,22H,3-6,11H2,1-2H3. The predicted molar refractivity (Wildman–Crippen MR) is 91.6 cm³/mol. The molecule has 0 aliphatic heterocycles. The molecule has 1 saturated carbocycles. The number of carbonyl (C=O) groups excluding carboxylic acids is 1. The van der Waals surface area contributed by atoms with Crippen molar-refractivity contribution >= 4 is 5.91 Å². The minimum atomic E-state index is -0.317. The lowest BCUT2D eigenvalue weighted by Gasteiger charge is -2.31. The zero-order valence-electron chi connectivity index (χ0n) is 14.2. The van der Waals surface area contributed by atoms with Crippen LogP contribution in [-0.4, -0.2) is 40.6 Å². The van der Waals surface area contributed by atoms with Crippen LogP contribution in [0.5, 0.6) is 0 Å². The van der Waals surface area contributed by atoms with E-state index in [1.165, 1.54) is 6.39 Å². The first-order valence-corrected chi connectivity index (χ1v) is 8.50. The maximum Gasteiger partial charge on any atom is 0.276 e. The molecule has 1 aromatic heterocycles. The number of carbonyl (C=O) groups is 1. The first-order valence-electron chi connectivity index (χ1n) is 8.50. The highest BCUT2D eigenvalue weighted by molar-refractivity contribution is 5.97. The Morgan fingerprint density at radius 1 is 1.29 bits per heavy atom. The van der Waals surface area contributed by atoms with Crippen molar-refractivity contribution in [2.75, 3.05) is 13.6 Å². The summed E-state index contributed by atoms with van der Waals surface area (Å²) in [5, 5.41) is 10.1. The zero-order chi connectivity index (χ0) is 17.1. The van der Waals surface area contributed by atoms with Crippen LogP contribution < -0.4 is 0 Å². The van der Waals surface area contributed by atoms with Crippen LogP contribution in [0.15, 0.2) is 35.1 Å². The summed E-state index contributed by atoms with van der Waals surface area (Å²) in [6.07, 6.45) is 4.96. The third kappa shape index (κ3) is 3.51. The SMILES string of the molecule is Cc1ccc(-c2ocnc2C(=O)N(C)CC2CCCCC2O)cc1. The van der Waals surface area contributed by atoms with Crippen molar-refractivity contribution in [2.45, 2.75) is 38.7 Å². The Balaban J connectivity index is 1.75. The first-order chi connectivity index (χ1) is 11.6. The molecule has 1 amide bonds. The van der Waals surface area contributed by atoms with Gasteiger partial charge in [0.25, 0.3) is 5.91 Å². The summed E-state index contributed by atoms with van der Waals surface area (Å²) in [6, 6.07) is 7.82. The molecule has 2 unspecified atom stereocenters. The number of hydrogen-bond acceptors (Lipinski definition) is 4. The minimum Gasteiger partial charge on any atom is -0.443 e. The smallest absolute Gasteiger partial charge is 0.276 e. The predicted octanol–water partition coefficient (Wildman–Crippen LogP) is 3.27. The normalized spacial score (nSPS) is 20.8. The van der Waals surface area contributed by atoms with E-state index in [1.807, 2.05) is 31.2 Å². The monoisotopic (exact) mass is 328 g/mol. The van der Waals surface area contributed by atoms with Crippen molar-refractivity contribution in [2.24, 2.45) is 5.92 Å². The van der Waals surface area contributed by atoms with Crippen molar-refractivity contribution in [3.8, 4) is 11.3 Å². The fourth-order valence-corrected chi connectivity index (χ4v) is 3.32. The number of aryl methyl sites for hydroxylation is 1. The molecule has 1 aliphatic rings. The van der Waals surface area contributed by atoms with Gasteiger partial charge >= 0.3 is 0 Å². The van der Waals surface area contributed by atoms with Gasteiger partial charge in [-0.3, -0.25) is 4.79 Å². The number of oxazole rings is 1. The summed E-state index contributed by atoms with van der Waals surface area (Å²) in [5.74, 6) is 0.468. The lowest BCUT2D eigenvalue weighted by atomic mass is 9.86. The summed E-state index contributed by atoms with van der Waals surface area (Å²) in [7, 11) is 1.76. The van der Waals surface area contributed by atoms with E-state index in [-0.39, 0.29) is 17.9 Å². The Labute approximate surface area is 142 Å². The molecular formula is C19H24N2O3. The molecule has 24 heavy (non-hydrogen) atoms. The van der Waals surface area contributed by atoms with Gasteiger partial charge < -0.3 is 14.4 Å². The quantitative estimate of drug-likeness (QED) is 0.935. The van der Waals surface area contributed by atoms with Gasteiger partial charge in [-0.25, -0.2) is 4.98 Å². The van der Waals surface area contributed by atoms with Crippen LogP contribution >= 0.6 is 0 Å². The molecule has 3 rings (SSSR count). The number of aromatic nitrogens is 1. The van der Waals surface area contributed by atoms with Crippen LogP contribution in [0.2, 0.25) is 0 Å². The van der Waals surface area contributed by atoms with Gasteiger partial charge in [-0.05, 0) is 19.8 Å². The molecule has 128 valence electrons. The summed E-state index contributed by atoms with van der Waals surface area (Å²) >= 11 is 0. The molecule has 0 bridgehead atoms. The van der Waals surface area contributed by atoms with E-state index in [0.717, 1.165) is 36.8 Å². The molecule has 5 heteroatoms. The molecule has 0 spiro atoms. The van der Waals surface area contributed by atoms with Gasteiger partial charge in [0, 0.05) is 25.1 Å². The van der Waals surface area contributed by atoms with Crippen LogP contribution in [0.1, 0.15) is 41.7 Å². The average Bonchev–Trinajstić information content (AvgIpc) is 3.06. The summed E-state index contributed by atoms with van der Waals surface area (Å²) < 4.78 is 5.46. The maximum absolute atomic E-state index is 12.8. The molecule has 0 saturated heterocycles. The van der Waals surface area contributed by atoms with Crippen molar-refractivity contribution in [1.29, 1.82) is 0 Å². The van der Waals surface area contributed by atoms with E-state index in [1.54, 1.807) is 11.9 Å². The molecule has 1 aliphatic carbocycles. The largest absolute Gasteiger partial charge is 0.443 e. The van der Waals surface area contributed by atoms with Gasteiger partial charge in [-0.15, -0.1) is 0 Å². The van der Waals surface area contributed by atoms with E-state index in [0.29, 0.717) is 18.0 Å². The van der Waals surface area contributed by atoms with Crippen LogP contribution in [0, 0.1) is 12.8 Å². The number of nitrogens with zero attached hydrogens (tertiary/aromatic N) is 2. The third-order valence-corrected chi connectivity index (χ3v) is 4.81. The van der Waals surface area contributed by atoms with E-state index in [4.69, 9.17) is 4.42 Å². The van der Waals surface area contributed by atoms with Gasteiger partial charge in [0.15, 0.2) is 17.8 Å². The van der Waals surface area contributed by atoms with Gasteiger partial charge in [-0.1, -0.05) is 42.7 Å². The highest BCUT2D eigenvalue weighted by Crippen LogP contribution is 2.27. The molecule has 1 heterocycles. The van der Waals surface area contributed by atoms with Crippen molar-refractivity contribution in [3.05, 3.63) is 41.9 Å². The molecule has 2 atom stereocenters. The van der Waals surface area contributed by atoms with E-state index in [9.17, 15) is 9.90 Å². The van der Waals surface area contributed by atoms with Crippen LogP contribution in [-0.2, 0) is 0 Å². The number of aliphatic hydroxyl groups is 1. The number of hydrogen-bond donors (Lipinski definition) is 1. The second kappa shape index (κ2) is 7.18. The minimum absolute atomic E-state index is 0.141. The molecule has 1 fully saturated rings. The first kappa shape index (κ1) is 16.7. The molecule has 2 aromatic rings. The number of rotatable bonds is 4. The summed E-state index contributed by atoms with van der Waals surface area (Å²) in [4.78, 5) is 18.5. The van der Waals surface area contributed by atoms with Crippen molar-refractivity contribution < 1.29 is 14.3 Å². The molecule has 1 aromatic carbocycles. The van der Waals surface area contributed by atoms with E-state index >= 15 is 0 Å². The van der Waals surface area contributed by atoms with Gasteiger partial charge in [0.2, 0.25) is 0 Å². The lowest BCUT2D eigenvalue weighted by molar-refractivity contribution is 0.0449. The van der Waals surface area contributed by atoms with E-state index in [2.05, 4.69) is 4.98 Å². The number of amides is 1. The summed E-state index contributed by atoms with van der Waals surface area (Å²) in [5.41, 5.74) is 2.31. The van der Waals surface area contributed by atoms with Gasteiger partial charge in [0.05, 0.1) is 6.10 Å². The topological polar surface area (TPSA) is 66.6 Å². The average molecular weight is 328 g/mol. The van der Waals surface area contributed by atoms with Crippen LogP contribution in [0.4, 0.5) is 0 Å². The lowest BCUT2D eigenvalue weighted by Crippen LogP contribution is -2.38. The highest BCUT2D eigenvalue weighted by Gasteiger charge is 2.28. The second-order valence-corrected chi connectivity index (χ2v) is 6.69. The van der Waals surface area contributed by atoms with Crippen LogP contribution in [0.25, 0.3) is 11.3 Å². The fourth-order valence-electron chi connectivity index (χ4n) is 3.32. The van der Waals surface area contributed by atoms with Crippen LogP contribution in [0.3, 0.4) is 0 Å². The van der Waals surface area contributed by atoms with Gasteiger partial charge in [0.1, 0.15) is 0 Å². The van der Waals surface area contributed by atoms with E-state index < -0.39 is 0 Å². The fraction of sp³-hybridized carbons (Fsp3) is 0.474. The Hall–Kier alpha value is -2.14. The zero-order valence-corrected chi connectivity index (χ0v) is 14.2. The van der Waals surface area contributed by atoms with Gasteiger partial charge in [-0.2, -0.15) is 0 Å². The Kier molecular flexibility index (Phi) is 5.00. The third-order valence-electron chi connectivity index (χ3n) is 4.81. The molecule has 1 N–H and O–H groups in total. The maximum atomic E-state index is 12.8. The second-order valence-electron chi connectivity index (χ2n) is 6.69. The highest BCUT2D eigenvalue weighted by atomic mass is 16.3. The Morgan fingerprint density at radius 2 is 2.00 bits per heavy atom. The number of aliphatic hydroxyl groups excluding tert-OH is 1. The number of benzene rings is 1. The Bertz CT molecular complexity index is 693. The molecular weight excluding hydrogens is 304 g/mol. The molecule has 5 nitrogen and oxygen atoms in total. The Morgan fingerprint density at radius 3 is 2.71 bits per heavy atom. The summed E-state index contributed by atoms with van der Waals surface area (Å²) in [6.45, 7) is 2.56.